The van der Waals surface area contributed by atoms with Gasteiger partial charge < -0.3 is 21.7 Å². The average Bonchev–Trinajstić information content (AvgIpc) is 3.23. The summed E-state index contributed by atoms with van der Waals surface area (Å²) in [7, 11) is -5.22. The highest BCUT2D eigenvalue weighted by molar-refractivity contribution is 7.89. The number of imide groups is 1. The number of halogens is 1. The Labute approximate surface area is 359 Å². The van der Waals surface area contributed by atoms with Crippen molar-refractivity contribution in [1.29, 1.82) is 0 Å². The second kappa shape index (κ2) is 23.0. The van der Waals surface area contributed by atoms with Gasteiger partial charge in [0.15, 0.2) is 0 Å². The number of carbonyl (C=O) groups is 7. The number of nitrogens with zero attached hydrogens (tertiary/aromatic N) is 4. The third-order valence-electron chi connectivity index (χ3n) is 10.3. The molecule has 0 bridgehead atoms. The molecule has 0 saturated heterocycles. The number of carbonyl (C=O) groups excluding carboxylic acids is 7. The molecular weight excluding hydrogens is 838 g/mol. The van der Waals surface area contributed by atoms with Crippen LogP contribution in [0.4, 0.5) is 5.69 Å². The smallest absolute Gasteiger partial charge is 0.295 e. The fourth-order valence-corrected chi connectivity index (χ4v) is 8.23. The van der Waals surface area contributed by atoms with Crippen molar-refractivity contribution in [3.63, 3.8) is 0 Å². The highest BCUT2D eigenvalue weighted by Crippen LogP contribution is 2.31. The number of Topliss-reactive ketones (excluding diaryl/α,β-unsaturated/α-hetero) is 1. The number of nitrogens with one attached hydrogen (secondary N) is 4. The van der Waals surface area contributed by atoms with E-state index in [0.29, 0.717) is 25.3 Å². The van der Waals surface area contributed by atoms with Crippen molar-refractivity contribution >= 4 is 68.5 Å². The van der Waals surface area contributed by atoms with Crippen molar-refractivity contribution in [3.8, 4) is 0 Å². The van der Waals surface area contributed by atoms with Gasteiger partial charge in [-0.2, -0.15) is 0 Å². The molecule has 22 heteroatoms. The van der Waals surface area contributed by atoms with E-state index < -0.39 is 108 Å². The molecule has 0 aliphatic heterocycles. The second-order valence-electron chi connectivity index (χ2n) is 15.4. The number of ketones is 1. The van der Waals surface area contributed by atoms with Gasteiger partial charge in [-0.1, -0.05) is 84.7 Å². The van der Waals surface area contributed by atoms with E-state index in [2.05, 4.69) is 25.9 Å². The Bertz CT molecular complexity index is 2050. The van der Waals surface area contributed by atoms with Crippen LogP contribution in [-0.2, 0) is 38.8 Å². The lowest BCUT2D eigenvalue weighted by Crippen LogP contribution is -2.60. The molecule has 1 aliphatic carbocycles. The second-order valence-corrected chi connectivity index (χ2v) is 17.7. The first kappa shape index (κ1) is 49.9. The molecular formula is C39H54ClN9O11S. The van der Waals surface area contributed by atoms with Crippen LogP contribution in [0.5, 0.6) is 0 Å². The molecule has 2 aromatic rings. The molecule has 1 aromatic carbocycles. The fraction of sp³-hybridized carbons (Fsp3) is 0.564. The van der Waals surface area contributed by atoms with E-state index in [1.807, 2.05) is 13.8 Å². The molecule has 6 N–H and O–H groups in total. The Balaban J connectivity index is 2.07. The van der Waals surface area contributed by atoms with Gasteiger partial charge in [0.05, 0.1) is 22.1 Å². The molecule has 3 rings (SSSR count). The first-order chi connectivity index (χ1) is 28.7. The number of amides is 6. The summed E-state index contributed by atoms with van der Waals surface area (Å²) in [5.41, 5.74) is 4.76. The molecule has 20 nitrogen and oxygen atoms in total. The lowest BCUT2D eigenvalue weighted by atomic mass is 9.84. The fourth-order valence-electron chi connectivity index (χ4n) is 6.63. The largest absolute Gasteiger partial charge is 0.342 e. The van der Waals surface area contributed by atoms with Gasteiger partial charge in [0.2, 0.25) is 23.5 Å². The van der Waals surface area contributed by atoms with Crippen LogP contribution in [0, 0.1) is 27.9 Å². The molecule has 0 spiro atoms. The van der Waals surface area contributed by atoms with Crippen LogP contribution in [0.2, 0.25) is 5.02 Å². The molecule has 0 radical (unpaired) electrons. The topological polar surface area (TPSA) is 300 Å². The van der Waals surface area contributed by atoms with Crippen molar-refractivity contribution in [2.75, 3.05) is 6.54 Å². The molecule has 1 saturated carbocycles. The maximum absolute atomic E-state index is 14.7. The van der Waals surface area contributed by atoms with Gasteiger partial charge in [-0.3, -0.25) is 54.0 Å². The minimum Gasteiger partial charge on any atom is -0.342 e. The van der Waals surface area contributed by atoms with Crippen LogP contribution < -0.4 is 27.0 Å². The maximum Gasteiger partial charge on any atom is 0.295 e. The van der Waals surface area contributed by atoms with Crippen LogP contribution in [0.3, 0.4) is 0 Å². The zero-order valence-electron chi connectivity index (χ0n) is 34.7. The Morgan fingerprint density at radius 3 is 2.20 bits per heavy atom. The highest BCUT2D eigenvalue weighted by Gasteiger charge is 2.41. The van der Waals surface area contributed by atoms with E-state index in [0.717, 1.165) is 31.4 Å². The van der Waals surface area contributed by atoms with E-state index in [9.17, 15) is 52.1 Å². The number of sulfonamides is 1. The number of nitro groups is 1. The molecule has 1 fully saturated rings. The number of hydrogen-bond donors (Lipinski definition) is 5. The van der Waals surface area contributed by atoms with Crippen molar-refractivity contribution < 1.29 is 46.9 Å². The van der Waals surface area contributed by atoms with E-state index in [-0.39, 0.29) is 41.1 Å². The predicted octanol–water partition coefficient (Wildman–Crippen LogP) is 2.34. The minimum absolute atomic E-state index is 0.0331. The lowest BCUT2D eigenvalue weighted by Gasteiger charge is -2.32. The summed E-state index contributed by atoms with van der Waals surface area (Å²) in [6.07, 6.45) is 7.99. The molecule has 61 heavy (non-hydrogen) atoms. The Morgan fingerprint density at radius 2 is 1.62 bits per heavy atom. The van der Waals surface area contributed by atoms with Gasteiger partial charge in [-0.05, 0) is 49.1 Å². The van der Waals surface area contributed by atoms with Crippen LogP contribution in [0.1, 0.15) is 103 Å². The van der Waals surface area contributed by atoms with Gasteiger partial charge in [-0.15, -0.1) is 0 Å². The zero-order valence-corrected chi connectivity index (χ0v) is 36.3. The molecule has 6 amide bonds. The standard InChI is InChI=1S/C39H54ClN9O11S/c1-6-23(5)33(47-35(52)28(17-22(3)4)44-36(53)30-20-42-15-16-43-30)37(54)45-29(18-24-11-9-8-10-12-24)39(56)48(21-32(50)46-38(55)34(51)27(41)7-2)61(59,60)25-13-14-26(40)31(19-25)49(57)58/h13-16,19-20,22-24,27-29,33H,6-12,17-18,21,41H2,1-5H3,(H,44,53)(H,45,54)(H,47,52)(H,46,50,55)/t23-,27?,28-,29-,33-/m0/s1. The van der Waals surface area contributed by atoms with Gasteiger partial charge in [0, 0.05) is 18.5 Å². The molecule has 1 heterocycles. The minimum atomic E-state index is -5.22. The average molecular weight is 892 g/mol. The summed E-state index contributed by atoms with van der Waals surface area (Å²) in [6, 6.07) is -3.06. The Hall–Kier alpha value is -5.41. The van der Waals surface area contributed by atoms with Gasteiger partial charge in [-0.25, -0.2) is 17.7 Å². The molecule has 5 atom stereocenters. The zero-order chi connectivity index (χ0) is 45.6. The summed E-state index contributed by atoms with van der Waals surface area (Å²) in [5, 5.41) is 21.0. The number of benzene rings is 1. The number of hydrogen-bond acceptors (Lipinski definition) is 14. The monoisotopic (exact) mass is 891 g/mol. The Morgan fingerprint density at radius 1 is 0.951 bits per heavy atom. The van der Waals surface area contributed by atoms with Crippen LogP contribution in [0.15, 0.2) is 41.7 Å². The lowest BCUT2D eigenvalue weighted by molar-refractivity contribution is -0.384. The summed E-state index contributed by atoms with van der Waals surface area (Å²) >= 11 is 5.94. The van der Waals surface area contributed by atoms with E-state index in [4.69, 9.17) is 17.3 Å². The summed E-state index contributed by atoms with van der Waals surface area (Å²) in [6.45, 7) is 7.17. The van der Waals surface area contributed by atoms with Gasteiger partial charge in [0.1, 0.15) is 35.4 Å². The van der Waals surface area contributed by atoms with Crippen LogP contribution in [-0.4, -0.2) is 99.6 Å². The quantitative estimate of drug-likeness (QED) is 0.0683. The summed E-state index contributed by atoms with van der Waals surface area (Å²) in [5.74, 6) is -8.62. The predicted molar refractivity (Wildman–Crippen MR) is 221 cm³/mol. The normalized spacial score (nSPS) is 15.6. The number of nitro benzene ring substituents is 1. The number of rotatable bonds is 21. The first-order valence-electron chi connectivity index (χ1n) is 20.0. The van der Waals surface area contributed by atoms with E-state index in [1.54, 1.807) is 19.2 Å². The third-order valence-corrected chi connectivity index (χ3v) is 12.4. The Kier molecular flexibility index (Phi) is 18.8. The van der Waals surface area contributed by atoms with Crippen molar-refractivity contribution in [2.45, 2.75) is 121 Å². The SMILES string of the molecule is CCC(N)C(=O)C(=O)NC(=O)CN(C(=O)[C@H](CC1CCCCC1)NC(=O)[C@@H](NC(=O)[C@H](CC(C)C)NC(=O)c1cnccn1)[C@@H](C)CC)S(=O)(=O)c1ccc(Cl)c([N+](=O)[O-])c1. The third kappa shape index (κ3) is 14.1. The van der Waals surface area contributed by atoms with Gasteiger partial charge in [0.25, 0.3) is 33.4 Å². The number of aromatic nitrogens is 2. The highest BCUT2D eigenvalue weighted by atomic mass is 35.5. The maximum atomic E-state index is 14.7. The van der Waals surface area contributed by atoms with Crippen molar-refractivity contribution in [1.82, 2.24) is 35.5 Å². The van der Waals surface area contributed by atoms with Crippen molar-refractivity contribution in [3.05, 3.63) is 57.6 Å². The molecule has 334 valence electrons. The molecule has 1 aromatic heterocycles. The summed E-state index contributed by atoms with van der Waals surface area (Å²) in [4.78, 5) is 112. The first-order valence-corrected chi connectivity index (χ1v) is 21.8. The van der Waals surface area contributed by atoms with Crippen LogP contribution >= 0.6 is 11.6 Å². The van der Waals surface area contributed by atoms with Gasteiger partial charge >= 0.3 is 0 Å². The molecule has 1 aliphatic rings. The van der Waals surface area contributed by atoms with Crippen LogP contribution in [0.25, 0.3) is 0 Å². The summed E-state index contributed by atoms with van der Waals surface area (Å²) < 4.78 is 28.7. The van der Waals surface area contributed by atoms with E-state index in [1.165, 1.54) is 25.5 Å². The molecule has 1 unspecified atom stereocenters. The number of nitrogens with two attached hydrogens (primary N) is 1. The van der Waals surface area contributed by atoms with E-state index >= 15 is 0 Å². The van der Waals surface area contributed by atoms with Crippen molar-refractivity contribution in [2.24, 2.45) is 23.5 Å².